The van der Waals surface area contributed by atoms with Gasteiger partial charge in [-0.1, -0.05) is 6.42 Å². The minimum absolute atomic E-state index is 0.0339. The lowest BCUT2D eigenvalue weighted by atomic mass is 9.83. The van der Waals surface area contributed by atoms with E-state index < -0.39 is 0 Å². The summed E-state index contributed by atoms with van der Waals surface area (Å²) in [6.45, 7) is 0.747. The monoisotopic (exact) mass is 278 g/mol. The van der Waals surface area contributed by atoms with Crippen LogP contribution in [0.1, 0.15) is 43.7 Å². The minimum Gasteiger partial charge on any atom is -0.394 e. The van der Waals surface area contributed by atoms with Gasteiger partial charge >= 0.3 is 6.03 Å². The number of hydrogen-bond acceptors (Lipinski definition) is 3. The highest BCUT2D eigenvalue weighted by atomic mass is 16.3. The fourth-order valence-electron chi connectivity index (χ4n) is 2.98. The SMILES string of the molecule is Cn1nc(C2CCC2)cc1NC(=O)N1CCCC1CO. The first-order valence-corrected chi connectivity index (χ1v) is 7.41. The fourth-order valence-corrected chi connectivity index (χ4v) is 2.98. The zero-order valence-electron chi connectivity index (χ0n) is 11.9. The molecule has 1 saturated heterocycles. The number of amides is 2. The highest BCUT2D eigenvalue weighted by molar-refractivity contribution is 5.89. The second kappa shape index (κ2) is 5.44. The van der Waals surface area contributed by atoms with Gasteiger partial charge in [0.15, 0.2) is 0 Å². The predicted molar refractivity (Wildman–Crippen MR) is 75.6 cm³/mol. The number of carbonyl (C=O) groups is 1. The van der Waals surface area contributed by atoms with Gasteiger partial charge in [0.05, 0.1) is 18.3 Å². The van der Waals surface area contributed by atoms with Crippen molar-refractivity contribution in [2.75, 3.05) is 18.5 Å². The molecule has 1 aromatic rings. The molecule has 2 aliphatic rings. The number of urea groups is 1. The average Bonchev–Trinajstić information content (AvgIpc) is 2.95. The first-order chi connectivity index (χ1) is 9.69. The molecule has 110 valence electrons. The lowest BCUT2D eigenvalue weighted by Crippen LogP contribution is -2.40. The Bertz CT molecular complexity index is 495. The Balaban J connectivity index is 1.67. The van der Waals surface area contributed by atoms with Gasteiger partial charge < -0.3 is 10.0 Å². The van der Waals surface area contributed by atoms with Crippen LogP contribution in [0, 0.1) is 0 Å². The molecule has 1 aliphatic heterocycles. The molecule has 6 heteroatoms. The summed E-state index contributed by atoms with van der Waals surface area (Å²) in [7, 11) is 1.85. The number of aromatic nitrogens is 2. The molecule has 1 saturated carbocycles. The second-order valence-electron chi connectivity index (χ2n) is 5.81. The van der Waals surface area contributed by atoms with Crippen LogP contribution in [-0.2, 0) is 7.05 Å². The maximum Gasteiger partial charge on any atom is 0.323 e. The lowest BCUT2D eigenvalue weighted by molar-refractivity contribution is 0.166. The number of carbonyl (C=O) groups excluding carboxylic acids is 1. The topological polar surface area (TPSA) is 70.4 Å². The summed E-state index contributed by atoms with van der Waals surface area (Å²) in [4.78, 5) is 14.0. The van der Waals surface area contributed by atoms with Crippen LogP contribution in [0.3, 0.4) is 0 Å². The molecule has 1 aromatic heterocycles. The van der Waals surface area contributed by atoms with Crippen molar-refractivity contribution in [2.24, 2.45) is 7.05 Å². The fraction of sp³-hybridized carbons (Fsp3) is 0.714. The van der Waals surface area contributed by atoms with Crippen LogP contribution < -0.4 is 5.32 Å². The number of nitrogens with zero attached hydrogens (tertiary/aromatic N) is 3. The molecule has 3 rings (SSSR count). The van der Waals surface area contributed by atoms with Gasteiger partial charge in [0, 0.05) is 25.6 Å². The van der Waals surface area contributed by atoms with Crippen LogP contribution in [0.25, 0.3) is 0 Å². The van der Waals surface area contributed by atoms with Crippen LogP contribution >= 0.6 is 0 Å². The normalized spacial score (nSPS) is 22.9. The van der Waals surface area contributed by atoms with Crippen molar-refractivity contribution >= 4 is 11.8 Å². The smallest absolute Gasteiger partial charge is 0.323 e. The van der Waals surface area contributed by atoms with Crippen LogP contribution in [0.5, 0.6) is 0 Å². The lowest BCUT2D eigenvalue weighted by Gasteiger charge is -2.23. The zero-order chi connectivity index (χ0) is 14.1. The van der Waals surface area contributed by atoms with E-state index in [1.807, 2.05) is 13.1 Å². The number of hydrogen-bond donors (Lipinski definition) is 2. The van der Waals surface area contributed by atoms with E-state index in [4.69, 9.17) is 0 Å². The van der Waals surface area contributed by atoms with Crippen LogP contribution in [0.15, 0.2) is 6.07 Å². The van der Waals surface area contributed by atoms with Gasteiger partial charge in [0.2, 0.25) is 0 Å². The van der Waals surface area contributed by atoms with Crippen molar-refractivity contribution in [3.05, 3.63) is 11.8 Å². The molecule has 0 spiro atoms. The Hall–Kier alpha value is -1.56. The second-order valence-corrected chi connectivity index (χ2v) is 5.81. The summed E-state index contributed by atoms with van der Waals surface area (Å²) in [5, 5.41) is 16.7. The highest BCUT2D eigenvalue weighted by Gasteiger charge is 2.29. The van der Waals surface area contributed by atoms with Crippen molar-refractivity contribution in [3.8, 4) is 0 Å². The summed E-state index contributed by atoms with van der Waals surface area (Å²) in [6, 6.07) is 1.80. The molecule has 1 aliphatic carbocycles. The number of likely N-dealkylation sites (tertiary alicyclic amines) is 1. The van der Waals surface area contributed by atoms with Crippen LogP contribution in [0.2, 0.25) is 0 Å². The minimum atomic E-state index is -0.135. The first-order valence-electron chi connectivity index (χ1n) is 7.41. The van der Waals surface area contributed by atoms with Crippen LogP contribution in [0.4, 0.5) is 10.6 Å². The van der Waals surface area contributed by atoms with E-state index in [0.29, 0.717) is 12.5 Å². The molecule has 2 amide bonds. The van der Waals surface area contributed by atoms with Crippen molar-refractivity contribution in [3.63, 3.8) is 0 Å². The van der Waals surface area contributed by atoms with E-state index in [9.17, 15) is 9.90 Å². The van der Waals surface area contributed by atoms with Crippen molar-refractivity contribution in [2.45, 2.75) is 44.1 Å². The van der Waals surface area contributed by atoms with Gasteiger partial charge in [-0.25, -0.2) is 4.79 Å². The Labute approximate surface area is 118 Å². The Kier molecular flexibility index (Phi) is 3.65. The van der Waals surface area contributed by atoms with Crippen molar-refractivity contribution in [1.82, 2.24) is 14.7 Å². The Morgan fingerprint density at radius 2 is 2.25 bits per heavy atom. The third kappa shape index (κ3) is 2.40. The van der Waals surface area contributed by atoms with E-state index in [1.165, 1.54) is 19.3 Å². The number of rotatable bonds is 3. The third-order valence-corrected chi connectivity index (χ3v) is 4.51. The van der Waals surface area contributed by atoms with Gasteiger partial charge in [0.1, 0.15) is 5.82 Å². The number of nitrogens with one attached hydrogen (secondary N) is 1. The van der Waals surface area contributed by atoms with Crippen LogP contribution in [-0.4, -0.2) is 45.0 Å². The largest absolute Gasteiger partial charge is 0.394 e. The first kappa shape index (κ1) is 13.4. The maximum absolute atomic E-state index is 12.3. The molecule has 0 aromatic carbocycles. The Morgan fingerprint density at radius 3 is 2.90 bits per heavy atom. The van der Waals surface area contributed by atoms with Gasteiger partial charge in [0.25, 0.3) is 0 Å². The molecule has 20 heavy (non-hydrogen) atoms. The van der Waals surface area contributed by atoms with E-state index in [-0.39, 0.29) is 18.7 Å². The van der Waals surface area contributed by atoms with Gasteiger partial charge in [-0.3, -0.25) is 10.00 Å². The van der Waals surface area contributed by atoms with Gasteiger partial charge in [-0.15, -0.1) is 0 Å². The average molecular weight is 278 g/mol. The number of aryl methyl sites for hydroxylation is 1. The van der Waals surface area contributed by atoms with E-state index >= 15 is 0 Å². The summed E-state index contributed by atoms with van der Waals surface area (Å²) in [6.07, 6.45) is 5.50. The quantitative estimate of drug-likeness (QED) is 0.883. The van der Waals surface area contributed by atoms with E-state index in [0.717, 1.165) is 24.4 Å². The van der Waals surface area contributed by atoms with E-state index in [1.54, 1.807) is 9.58 Å². The van der Waals surface area contributed by atoms with Gasteiger partial charge in [-0.2, -0.15) is 5.10 Å². The highest BCUT2D eigenvalue weighted by Crippen LogP contribution is 2.36. The number of anilines is 1. The molecule has 6 nitrogen and oxygen atoms in total. The Morgan fingerprint density at radius 1 is 1.45 bits per heavy atom. The molecule has 2 heterocycles. The summed E-state index contributed by atoms with van der Waals surface area (Å²) < 4.78 is 1.73. The summed E-state index contributed by atoms with van der Waals surface area (Å²) in [5.74, 6) is 1.30. The van der Waals surface area contributed by atoms with Gasteiger partial charge in [-0.05, 0) is 25.7 Å². The van der Waals surface area contributed by atoms with Crippen molar-refractivity contribution in [1.29, 1.82) is 0 Å². The summed E-state index contributed by atoms with van der Waals surface area (Å²) >= 11 is 0. The molecule has 1 unspecified atom stereocenters. The molecule has 0 radical (unpaired) electrons. The maximum atomic E-state index is 12.3. The van der Waals surface area contributed by atoms with Crippen molar-refractivity contribution < 1.29 is 9.90 Å². The molecule has 0 bridgehead atoms. The standard InChI is InChI=1S/C14H22N4O2/c1-17-13(8-12(16-17)10-4-2-5-10)15-14(20)18-7-3-6-11(18)9-19/h8,10-11,19H,2-7,9H2,1H3,(H,15,20). The summed E-state index contributed by atoms with van der Waals surface area (Å²) in [5.41, 5.74) is 1.08. The third-order valence-electron chi connectivity index (χ3n) is 4.51. The predicted octanol–water partition coefficient (Wildman–Crippen LogP) is 1.68. The molecule has 2 fully saturated rings. The number of aliphatic hydroxyl groups is 1. The molecular formula is C14H22N4O2. The number of aliphatic hydroxyl groups excluding tert-OH is 1. The molecule has 2 N–H and O–H groups in total. The molecular weight excluding hydrogens is 256 g/mol. The molecule has 1 atom stereocenters. The van der Waals surface area contributed by atoms with E-state index in [2.05, 4.69) is 10.4 Å². The zero-order valence-corrected chi connectivity index (χ0v) is 11.9.